The Bertz CT molecular complexity index is 945. The van der Waals surface area contributed by atoms with Crippen molar-refractivity contribution in [2.75, 3.05) is 26.3 Å². The van der Waals surface area contributed by atoms with Crippen molar-refractivity contribution in [3.63, 3.8) is 0 Å². The van der Waals surface area contributed by atoms with Gasteiger partial charge in [0.1, 0.15) is 0 Å². The second-order valence-electron chi connectivity index (χ2n) is 5.63. The van der Waals surface area contributed by atoms with Crippen LogP contribution < -0.4 is 0 Å². The number of nitrogens with zero attached hydrogens (tertiary/aromatic N) is 5. The summed E-state index contributed by atoms with van der Waals surface area (Å²) < 4.78 is 51.3. The van der Waals surface area contributed by atoms with Gasteiger partial charge in [0.25, 0.3) is 5.91 Å². The number of pyridine rings is 1. The third kappa shape index (κ3) is 2.79. The van der Waals surface area contributed by atoms with Gasteiger partial charge in [0.15, 0.2) is 17.8 Å². The minimum Gasteiger partial charge on any atom is -0.443 e. The van der Waals surface area contributed by atoms with Gasteiger partial charge in [-0.3, -0.25) is 9.20 Å². The van der Waals surface area contributed by atoms with E-state index in [1.807, 2.05) is 0 Å². The smallest absolute Gasteiger partial charge is 0.417 e. The van der Waals surface area contributed by atoms with E-state index in [9.17, 15) is 18.0 Å². The predicted octanol–water partition coefficient (Wildman–Crippen LogP) is 1.88. The van der Waals surface area contributed by atoms with Crippen LogP contribution in [0.3, 0.4) is 0 Å². The fourth-order valence-corrected chi connectivity index (χ4v) is 2.73. The number of amides is 1. The highest BCUT2D eigenvalue weighted by Gasteiger charge is 2.34. The standard InChI is InChI=1S/C15H12F3N5O3/c16-15(17,18)9-5-10(11-6-19-8-26-11)12-20-21-13(23(12)7-9)14(24)22-1-3-25-4-2-22/h5-8H,1-4H2. The molecule has 0 atom stereocenters. The summed E-state index contributed by atoms with van der Waals surface area (Å²) in [5.41, 5.74) is -0.829. The molecule has 0 bridgehead atoms. The third-order valence-corrected chi connectivity index (χ3v) is 4.02. The minimum absolute atomic E-state index is 0.0471. The van der Waals surface area contributed by atoms with E-state index in [4.69, 9.17) is 9.15 Å². The minimum atomic E-state index is -4.62. The molecule has 0 saturated carbocycles. The van der Waals surface area contributed by atoms with Crippen LogP contribution in [0.4, 0.5) is 13.2 Å². The Morgan fingerprint density at radius 2 is 1.96 bits per heavy atom. The highest BCUT2D eigenvalue weighted by molar-refractivity contribution is 5.92. The van der Waals surface area contributed by atoms with Crippen LogP contribution in [0.2, 0.25) is 0 Å². The number of rotatable bonds is 2. The molecule has 8 nitrogen and oxygen atoms in total. The predicted molar refractivity (Wildman–Crippen MR) is 80.2 cm³/mol. The van der Waals surface area contributed by atoms with Gasteiger partial charge in [-0.25, -0.2) is 4.98 Å². The highest BCUT2D eigenvalue weighted by atomic mass is 19.4. The van der Waals surface area contributed by atoms with Crippen LogP contribution in [0.1, 0.15) is 16.2 Å². The van der Waals surface area contributed by atoms with E-state index < -0.39 is 17.6 Å². The van der Waals surface area contributed by atoms with Gasteiger partial charge in [-0.1, -0.05) is 0 Å². The first-order valence-corrected chi connectivity index (χ1v) is 7.67. The highest BCUT2D eigenvalue weighted by Crippen LogP contribution is 2.34. The lowest BCUT2D eigenvalue weighted by atomic mass is 10.1. The van der Waals surface area contributed by atoms with Gasteiger partial charge in [0.2, 0.25) is 5.82 Å². The zero-order chi connectivity index (χ0) is 18.3. The van der Waals surface area contributed by atoms with Gasteiger partial charge in [0, 0.05) is 19.3 Å². The lowest BCUT2D eigenvalue weighted by Gasteiger charge is -2.26. The average Bonchev–Trinajstić information content (AvgIpc) is 3.30. The Kier molecular flexibility index (Phi) is 3.87. The fourth-order valence-electron chi connectivity index (χ4n) is 2.73. The molecule has 0 aromatic carbocycles. The Labute approximate surface area is 144 Å². The number of halogens is 3. The maximum Gasteiger partial charge on any atom is 0.417 e. The van der Waals surface area contributed by atoms with Crippen LogP contribution in [0.5, 0.6) is 0 Å². The third-order valence-electron chi connectivity index (χ3n) is 4.02. The van der Waals surface area contributed by atoms with Crippen molar-refractivity contribution in [1.82, 2.24) is 24.5 Å². The van der Waals surface area contributed by atoms with Crippen molar-refractivity contribution in [2.45, 2.75) is 6.18 Å². The maximum atomic E-state index is 13.3. The number of carbonyl (C=O) groups excluding carboxylic acids is 1. The fraction of sp³-hybridized carbons (Fsp3) is 0.333. The van der Waals surface area contributed by atoms with E-state index in [1.165, 1.54) is 11.1 Å². The molecule has 0 spiro atoms. The van der Waals surface area contributed by atoms with Crippen LogP contribution in [-0.2, 0) is 10.9 Å². The number of hydrogen-bond acceptors (Lipinski definition) is 6. The van der Waals surface area contributed by atoms with Crippen LogP contribution in [0, 0.1) is 0 Å². The molecule has 0 aliphatic carbocycles. The summed E-state index contributed by atoms with van der Waals surface area (Å²) in [4.78, 5) is 17.8. The molecule has 4 heterocycles. The monoisotopic (exact) mass is 367 g/mol. The molecule has 3 aromatic heterocycles. The van der Waals surface area contributed by atoms with Crippen molar-refractivity contribution < 1.29 is 27.1 Å². The van der Waals surface area contributed by atoms with Crippen LogP contribution in [0.25, 0.3) is 17.0 Å². The molecule has 1 fully saturated rings. The lowest BCUT2D eigenvalue weighted by molar-refractivity contribution is -0.137. The lowest BCUT2D eigenvalue weighted by Crippen LogP contribution is -2.41. The van der Waals surface area contributed by atoms with Gasteiger partial charge in [-0.15, -0.1) is 10.2 Å². The summed E-state index contributed by atoms with van der Waals surface area (Å²) in [5.74, 6) is -0.615. The van der Waals surface area contributed by atoms with Crippen molar-refractivity contribution in [2.24, 2.45) is 0 Å². The van der Waals surface area contributed by atoms with Crippen LogP contribution in [-0.4, -0.2) is 56.7 Å². The molecule has 4 rings (SSSR count). The zero-order valence-electron chi connectivity index (χ0n) is 13.2. The molecule has 0 N–H and O–H groups in total. The van der Waals surface area contributed by atoms with Gasteiger partial charge >= 0.3 is 6.18 Å². The molecule has 1 aliphatic heterocycles. The summed E-state index contributed by atoms with van der Waals surface area (Å²) >= 11 is 0. The Balaban J connectivity index is 1.88. The number of carbonyl (C=O) groups is 1. The molecule has 136 valence electrons. The molecular formula is C15H12F3N5O3. The average molecular weight is 367 g/mol. The molecular weight excluding hydrogens is 355 g/mol. The number of morpholine rings is 1. The first-order valence-electron chi connectivity index (χ1n) is 7.67. The van der Waals surface area contributed by atoms with Gasteiger partial charge in [-0.05, 0) is 6.07 Å². The van der Waals surface area contributed by atoms with Gasteiger partial charge in [0.05, 0.1) is 30.5 Å². The molecule has 0 unspecified atom stereocenters. The second-order valence-corrected chi connectivity index (χ2v) is 5.63. The number of alkyl halides is 3. The first kappa shape index (κ1) is 16.5. The number of oxazole rings is 1. The van der Waals surface area contributed by atoms with Crippen molar-refractivity contribution in [1.29, 1.82) is 0 Å². The summed E-state index contributed by atoms with van der Waals surface area (Å²) in [7, 11) is 0. The van der Waals surface area contributed by atoms with E-state index in [1.54, 1.807) is 0 Å². The summed E-state index contributed by atoms with van der Waals surface area (Å²) in [6.07, 6.45) is -1.44. The number of aromatic nitrogens is 4. The van der Waals surface area contributed by atoms with E-state index in [0.717, 1.165) is 23.1 Å². The number of hydrogen-bond donors (Lipinski definition) is 0. The maximum absolute atomic E-state index is 13.3. The van der Waals surface area contributed by atoms with Gasteiger partial charge in [-0.2, -0.15) is 13.2 Å². The number of fused-ring (bicyclic) bond motifs is 1. The molecule has 26 heavy (non-hydrogen) atoms. The summed E-state index contributed by atoms with van der Waals surface area (Å²) in [5, 5.41) is 7.71. The summed E-state index contributed by atoms with van der Waals surface area (Å²) in [6, 6.07) is 0.896. The van der Waals surface area contributed by atoms with Crippen molar-refractivity contribution >= 4 is 11.6 Å². The molecule has 0 radical (unpaired) electrons. The Hall–Kier alpha value is -2.95. The molecule has 1 saturated heterocycles. The van der Waals surface area contributed by atoms with Gasteiger partial charge < -0.3 is 14.1 Å². The molecule has 1 aliphatic rings. The van der Waals surface area contributed by atoms with E-state index in [2.05, 4.69) is 15.2 Å². The largest absolute Gasteiger partial charge is 0.443 e. The molecule has 11 heteroatoms. The molecule has 1 amide bonds. The number of ether oxygens (including phenoxy) is 1. The van der Waals surface area contributed by atoms with E-state index >= 15 is 0 Å². The Morgan fingerprint density at radius 1 is 1.19 bits per heavy atom. The van der Waals surface area contributed by atoms with E-state index in [-0.39, 0.29) is 22.8 Å². The SMILES string of the molecule is O=C(c1nnc2c(-c3cnco3)cc(C(F)(F)F)cn12)N1CCOCC1. The van der Waals surface area contributed by atoms with E-state index in [0.29, 0.717) is 26.3 Å². The Morgan fingerprint density at radius 3 is 2.62 bits per heavy atom. The first-order chi connectivity index (χ1) is 12.4. The summed E-state index contributed by atoms with van der Waals surface area (Å²) in [6.45, 7) is 1.39. The van der Waals surface area contributed by atoms with Crippen molar-refractivity contribution in [3.8, 4) is 11.3 Å². The quantitative estimate of drug-likeness (QED) is 0.687. The second kappa shape index (κ2) is 6.09. The van der Waals surface area contributed by atoms with Crippen molar-refractivity contribution in [3.05, 3.63) is 36.2 Å². The normalized spacial score (nSPS) is 15.6. The zero-order valence-corrected chi connectivity index (χ0v) is 13.2. The topological polar surface area (TPSA) is 85.8 Å². The molecule has 3 aromatic rings. The van der Waals surface area contributed by atoms with Crippen LogP contribution in [0.15, 0.2) is 29.3 Å². The van der Waals surface area contributed by atoms with Crippen LogP contribution >= 0.6 is 0 Å².